The molecule has 1 N–H and O–H groups in total. The van der Waals surface area contributed by atoms with Gasteiger partial charge < -0.3 is 19.7 Å². The Morgan fingerprint density at radius 2 is 1.67 bits per heavy atom. The van der Waals surface area contributed by atoms with Gasteiger partial charge in [-0.1, -0.05) is 44.2 Å². The van der Waals surface area contributed by atoms with Gasteiger partial charge in [-0.15, -0.1) is 0 Å². The lowest BCUT2D eigenvalue weighted by molar-refractivity contribution is -0.117. The number of ether oxygens (including phenoxy) is 2. The zero-order valence-electron chi connectivity index (χ0n) is 20.6. The van der Waals surface area contributed by atoms with Crippen LogP contribution in [0.2, 0.25) is 0 Å². The first-order valence-electron chi connectivity index (χ1n) is 11.7. The number of rotatable bonds is 6. The number of para-hydroxylation sites is 1. The summed E-state index contributed by atoms with van der Waals surface area (Å²) >= 11 is 0. The number of fused-ring (bicyclic) bond motifs is 5. The Morgan fingerprint density at radius 3 is 2.33 bits per heavy atom. The molecule has 3 aromatic rings. The maximum absolute atomic E-state index is 13.7. The average Bonchev–Trinajstić information content (AvgIpc) is 3.18. The number of amides is 3. The molecule has 0 fully saturated rings. The van der Waals surface area contributed by atoms with Gasteiger partial charge >= 0.3 is 0 Å². The van der Waals surface area contributed by atoms with Crippen molar-refractivity contribution >= 4 is 29.1 Å². The monoisotopic (exact) mass is 485 g/mol. The summed E-state index contributed by atoms with van der Waals surface area (Å²) in [6, 6.07) is 18.0. The van der Waals surface area contributed by atoms with Crippen LogP contribution in [0.5, 0.6) is 11.5 Å². The second-order valence-corrected chi connectivity index (χ2v) is 9.09. The molecule has 0 saturated heterocycles. The summed E-state index contributed by atoms with van der Waals surface area (Å²) in [5.74, 6) is 0.0869. The molecular formula is C28H27N3O5. The average molecular weight is 486 g/mol. The summed E-state index contributed by atoms with van der Waals surface area (Å²) in [4.78, 5) is 43.4. The number of hydrogen-bond donors (Lipinski definition) is 1. The third kappa shape index (κ3) is 3.66. The largest absolute Gasteiger partial charge is 0.493 e. The summed E-state index contributed by atoms with van der Waals surface area (Å²) in [5.41, 5.74) is 3.55. The van der Waals surface area contributed by atoms with Gasteiger partial charge in [0.05, 0.1) is 31.0 Å². The normalized spacial score (nSPS) is 16.0. The van der Waals surface area contributed by atoms with E-state index in [9.17, 15) is 14.4 Å². The van der Waals surface area contributed by atoms with E-state index in [0.29, 0.717) is 45.5 Å². The van der Waals surface area contributed by atoms with E-state index in [-0.39, 0.29) is 24.3 Å². The van der Waals surface area contributed by atoms with Crippen LogP contribution in [-0.4, -0.2) is 43.4 Å². The van der Waals surface area contributed by atoms with Crippen LogP contribution in [-0.2, 0) is 4.79 Å². The molecule has 8 heteroatoms. The molecule has 2 heterocycles. The first-order valence-corrected chi connectivity index (χ1v) is 11.7. The predicted octanol–water partition coefficient (Wildman–Crippen LogP) is 4.58. The van der Waals surface area contributed by atoms with Gasteiger partial charge in [0.2, 0.25) is 5.91 Å². The molecule has 184 valence electrons. The second kappa shape index (κ2) is 9.03. The highest BCUT2D eigenvalue weighted by molar-refractivity contribution is 6.18. The lowest BCUT2D eigenvalue weighted by Gasteiger charge is -2.40. The molecule has 5 rings (SSSR count). The number of methoxy groups -OCH3 is 2. The Kier molecular flexibility index (Phi) is 5.88. The van der Waals surface area contributed by atoms with Gasteiger partial charge in [0.1, 0.15) is 12.7 Å². The van der Waals surface area contributed by atoms with E-state index in [4.69, 9.17) is 9.47 Å². The van der Waals surface area contributed by atoms with Crippen LogP contribution < -0.4 is 19.7 Å². The molecule has 8 nitrogen and oxygen atoms in total. The van der Waals surface area contributed by atoms with Gasteiger partial charge in [-0.25, -0.2) is 0 Å². The quantitative estimate of drug-likeness (QED) is 0.552. The van der Waals surface area contributed by atoms with Crippen LogP contribution in [0.4, 0.5) is 11.4 Å². The maximum atomic E-state index is 13.7. The number of hydrogen-bond acceptors (Lipinski definition) is 5. The van der Waals surface area contributed by atoms with E-state index < -0.39 is 6.17 Å². The Morgan fingerprint density at radius 1 is 0.944 bits per heavy atom. The van der Waals surface area contributed by atoms with Crippen molar-refractivity contribution in [2.75, 3.05) is 31.0 Å². The molecule has 1 atom stereocenters. The van der Waals surface area contributed by atoms with Crippen molar-refractivity contribution in [1.82, 2.24) is 4.90 Å². The highest BCUT2D eigenvalue weighted by Crippen LogP contribution is 2.49. The van der Waals surface area contributed by atoms with Crippen molar-refractivity contribution < 1.29 is 23.9 Å². The molecule has 2 aliphatic rings. The molecule has 0 unspecified atom stereocenters. The van der Waals surface area contributed by atoms with Gasteiger partial charge in [-0.2, -0.15) is 0 Å². The third-order valence-electron chi connectivity index (χ3n) is 6.66. The Balaban J connectivity index is 1.53. The fraction of sp³-hybridized carbons (Fsp3) is 0.250. The fourth-order valence-corrected chi connectivity index (χ4v) is 4.89. The first kappa shape index (κ1) is 23.4. The van der Waals surface area contributed by atoms with Crippen LogP contribution in [0.25, 0.3) is 0 Å². The van der Waals surface area contributed by atoms with Crippen molar-refractivity contribution in [2.24, 2.45) is 0 Å². The van der Waals surface area contributed by atoms with Crippen LogP contribution in [0.3, 0.4) is 0 Å². The van der Waals surface area contributed by atoms with Crippen LogP contribution >= 0.6 is 0 Å². The molecule has 0 aromatic heterocycles. The van der Waals surface area contributed by atoms with Crippen LogP contribution in [0.15, 0.2) is 60.7 Å². The van der Waals surface area contributed by atoms with Crippen molar-refractivity contribution in [2.45, 2.75) is 25.9 Å². The van der Waals surface area contributed by atoms with E-state index in [2.05, 4.69) is 19.2 Å². The number of anilines is 2. The van der Waals surface area contributed by atoms with Crippen molar-refractivity contribution in [3.05, 3.63) is 82.9 Å². The van der Waals surface area contributed by atoms with E-state index in [1.165, 1.54) is 19.1 Å². The van der Waals surface area contributed by atoms with Gasteiger partial charge in [0, 0.05) is 11.3 Å². The molecule has 0 aliphatic carbocycles. The molecule has 3 amide bonds. The Labute approximate surface area is 209 Å². The number of nitrogens with one attached hydrogen (secondary N) is 1. The van der Waals surface area contributed by atoms with Crippen LogP contribution in [0, 0.1) is 0 Å². The molecule has 0 bridgehead atoms. The molecule has 0 saturated carbocycles. The molecule has 0 radical (unpaired) electrons. The topological polar surface area (TPSA) is 88.2 Å². The van der Waals surface area contributed by atoms with Crippen molar-refractivity contribution in [1.29, 1.82) is 0 Å². The van der Waals surface area contributed by atoms with E-state index in [1.807, 2.05) is 24.3 Å². The lowest BCUT2D eigenvalue weighted by Crippen LogP contribution is -2.50. The van der Waals surface area contributed by atoms with Crippen LogP contribution in [0.1, 0.15) is 57.8 Å². The number of carbonyl (C=O) groups is 3. The molecular weight excluding hydrogens is 458 g/mol. The van der Waals surface area contributed by atoms with Gasteiger partial charge in [0.15, 0.2) is 11.5 Å². The smallest absolute Gasteiger partial charge is 0.264 e. The number of carbonyl (C=O) groups excluding carboxylic acids is 3. The third-order valence-corrected chi connectivity index (χ3v) is 6.66. The summed E-state index contributed by atoms with van der Waals surface area (Å²) in [6.07, 6.45) is -0.788. The number of nitrogens with zero attached hydrogens (tertiary/aromatic N) is 2. The number of benzene rings is 3. The van der Waals surface area contributed by atoms with Gasteiger partial charge in [-0.3, -0.25) is 19.3 Å². The minimum absolute atomic E-state index is 0.235. The predicted molar refractivity (Wildman–Crippen MR) is 136 cm³/mol. The summed E-state index contributed by atoms with van der Waals surface area (Å²) in [6.45, 7) is 3.97. The van der Waals surface area contributed by atoms with E-state index in [1.54, 1.807) is 41.3 Å². The second-order valence-electron chi connectivity index (χ2n) is 9.09. The zero-order chi connectivity index (χ0) is 25.6. The van der Waals surface area contributed by atoms with Gasteiger partial charge in [-0.05, 0) is 41.8 Å². The summed E-state index contributed by atoms with van der Waals surface area (Å²) in [5, 5.41) is 2.87. The molecule has 2 aliphatic heterocycles. The SMILES string of the molecule is COc1ccc2c(c1OC)C(=O)N1c3ccccc3C(=O)N(CC(=O)Nc3ccc(C(C)C)cc3)[C@@H]21. The minimum atomic E-state index is -0.788. The Bertz CT molecular complexity index is 1370. The maximum Gasteiger partial charge on any atom is 0.264 e. The minimum Gasteiger partial charge on any atom is -0.493 e. The highest BCUT2D eigenvalue weighted by Gasteiger charge is 2.50. The standard InChI is InChI=1S/C28H27N3O5/c1-16(2)17-9-11-18(12-10-17)29-23(32)15-30-26-20-13-14-22(35-3)25(36-4)24(20)28(34)31(26)21-8-6-5-7-19(21)27(30)33/h5-14,16,26H,15H2,1-4H3,(H,29,32)/t26-/m1/s1. The Hall–Kier alpha value is -4.33. The molecule has 0 spiro atoms. The fourth-order valence-electron chi connectivity index (χ4n) is 4.89. The highest BCUT2D eigenvalue weighted by atomic mass is 16.5. The van der Waals surface area contributed by atoms with Gasteiger partial charge in [0.25, 0.3) is 11.8 Å². The molecule has 36 heavy (non-hydrogen) atoms. The zero-order valence-corrected chi connectivity index (χ0v) is 20.6. The van der Waals surface area contributed by atoms with Crippen molar-refractivity contribution in [3.63, 3.8) is 0 Å². The summed E-state index contributed by atoms with van der Waals surface area (Å²) < 4.78 is 10.9. The lowest BCUT2D eigenvalue weighted by atomic mass is 10.0. The first-order chi connectivity index (χ1) is 17.3. The summed E-state index contributed by atoms with van der Waals surface area (Å²) in [7, 11) is 2.97. The van der Waals surface area contributed by atoms with Crippen molar-refractivity contribution in [3.8, 4) is 11.5 Å². The molecule has 3 aromatic carbocycles. The van der Waals surface area contributed by atoms with E-state index >= 15 is 0 Å². The van der Waals surface area contributed by atoms with E-state index in [0.717, 1.165) is 5.56 Å².